The first-order valence-corrected chi connectivity index (χ1v) is 6.80. The van der Waals surface area contributed by atoms with Crippen LogP contribution in [0.2, 0.25) is 0 Å². The summed E-state index contributed by atoms with van der Waals surface area (Å²) in [6.45, 7) is 2.75. The summed E-state index contributed by atoms with van der Waals surface area (Å²) in [6.07, 6.45) is 3.40. The Bertz CT molecular complexity index is 452. The summed E-state index contributed by atoms with van der Waals surface area (Å²) in [5, 5.41) is 21.9. The largest absolute Gasteiger partial charge is 0.478 e. The molecule has 7 heteroatoms. The molecule has 0 spiro atoms. The minimum atomic E-state index is -0.936. The Morgan fingerprint density at radius 1 is 1.50 bits per heavy atom. The van der Waals surface area contributed by atoms with Gasteiger partial charge in [-0.2, -0.15) is 5.10 Å². The summed E-state index contributed by atoms with van der Waals surface area (Å²) in [4.78, 5) is 13.3. The van der Waals surface area contributed by atoms with Crippen LogP contribution < -0.4 is 0 Å². The lowest BCUT2D eigenvalue weighted by Gasteiger charge is -2.31. The van der Waals surface area contributed by atoms with Crippen molar-refractivity contribution in [2.75, 3.05) is 26.3 Å². The predicted octanol–water partition coefficient (Wildman–Crippen LogP) is 0.0916. The van der Waals surface area contributed by atoms with Crippen LogP contribution in [0.4, 0.5) is 0 Å². The van der Waals surface area contributed by atoms with Crippen LogP contribution in [-0.2, 0) is 18.3 Å². The SMILES string of the molecule is Cn1ncc(C(=O)O)c1CN1CCC(OCCO)CC1. The zero-order valence-corrected chi connectivity index (χ0v) is 11.7. The highest BCUT2D eigenvalue weighted by atomic mass is 16.5. The first-order chi connectivity index (χ1) is 9.61. The van der Waals surface area contributed by atoms with E-state index in [9.17, 15) is 4.79 Å². The predicted molar refractivity (Wildman–Crippen MR) is 71.5 cm³/mol. The fourth-order valence-corrected chi connectivity index (χ4v) is 2.49. The molecule has 0 radical (unpaired) electrons. The molecular weight excluding hydrogens is 262 g/mol. The fourth-order valence-electron chi connectivity index (χ4n) is 2.49. The van der Waals surface area contributed by atoms with Crippen molar-refractivity contribution in [3.8, 4) is 0 Å². The average Bonchev–Trinajstić information content (AvgIpc) is 2.80. The van der Waals surface area contributed by atoms with E-state index in [1.807, 2.05) is 0 Å². The zero-order chi connectivity index (χ0) is 14.5. The number of hydrogen-bond donors (Lipinski definition) is 2. The second-order valence-corrected chi connectivity index (χ2v) is 5.00. The Labute approximate surface area is 117 Å². The third-order valence-electron chi connectivity index (χ3n) is 3.64. The maximum atomic E-state index is 11.1. The van der Waals surface area contributed by atoms with Crippen LogP contribution in [-0.4, -0.2) is 63.3 Å². The smallest absolute Gasteiger partial charge is 0.339 e. The molecule has 2 N–H and O–H groups in total. The van der Waals surface area contributed by atoms with Crippen molar-refractivity contribution in [1.82, 2.24) is 14.7 Å². The summed E-state index contributed by atoms with van der Waals surface area (Å²) in [7, 11) is 1.76. The van der Waals surface area contributed by atoms with E-state index in [1.54, 1.807) is 11.7 Å². The zero-order valence-electron chi connectivity index (χ0n) is 11.7. The standard InChI is InChI=1S/C13H21N3O4/c1-15-12(11(8-14-15)13(18)19)9-16-4-2-10(3-5-16)20-7-6-17/h8,10,17H,2-7,9H2,1H3,(H,18,19). The minimum absolute atomic E-state index is 0.0528. The third-order valence-corrected chi connectivity index (χ3v) is 3.64. The normalized spacial score (nSPS) is 17.5. The van der Waals surface area contributed by atoms with Crippen LogP contribution in [0.5, 0.6) is 0 Å². The molecule has 0 bridgehead atoms. The molecule has 0 aromatic carbocycles. The number of rotatable bonds is 6. The van der Waals surface area contributed by atoms with Crippen molar-refractivity contribution in [2.45, 2.75) is 25.5 Å². The Morgan fingerprint density at radius 3 is 2.80 bits per heavy atom. The van der Waals surface area contributed by atoms with E-state index in [1.165, 1.54) is 6.20 Å². The van der Waals surface area contributed by atoms with Crippen LogP contribution in [0.3, 0.4) is 0 Å². The average molecular weight is 283 g/mol. The monoisotopic (exact) mass is 283 g/mol. The highest BCUT2D eigenvalue weighted by molar-refractivity contribution is 5.88. The number of carboxylic acids is 1. The maximum absolute atomic E-state index is 11.1. The molecule has 1 saturated heterocycles. The molecule has 0 unspecified atom stereocenters. The minimum Gasteiger partial charge on any atom is -0.478 e. The molecule has 0 amide bonds. The number of aryl methyl sites for hydroxylation is 1. The number of aromatic carboxylic acids is 1. The molecule has 1 aliphatic rings. The summed E-state index contributed by atoms with van der Waals surface area (Å²) >= 11 is 0. The molecule has 20 heavy (non-hydrogen) atoms. The number of piperidine rings is 1. The molecule has 1 aromatic heterocycles. The van der Waals surface area contributed by atoms with E-state index in [0.29, 0.717) is 13.2 Å². The van der Waals surface area contributed by atoms with Crippen LogP contribution in [0, 0.1) is 0 Å². The van der Waals surface area contributed by atoms with Gasteiger partial charge in [-0.15, -0.1) is 0 Å². The summed E-state index contributed by atoms with van der Waals surface area (Å²) < 4.78 is 7.14. The van der Waals surface area contributed by atoms with Crippen molar-refractivity contribution in [2.24, 2.45) is 7.05 Å². The topological polar surface area (TPSA) is 87.8 Å². The molecule has 0 aliphatic carbocycles. The Kier molecular flexibility index (Phi) is 5.11. The number of nitrogens with zero attached hydrogens (tertiary/aromatic N) is 3. The number of likely N-dealkylation sites (tertiary alicyclic amines) is 1. The van der Waals surface area contributed by atoms with Crippen LogP contribution in [0.15, 0.2) is 6.20 Å². The van der Waals surface area contributed by atoms with Gasteiger partial charge in [-0.3, -0.25) is 9.58 Å². The van der Waals surface area contributed by atoms with Gasteiger partial charge in [0.1, 0.15) is 5.56 Å². The van der Waals surface area contributed by atoms with E-state index < -0.39 is 5.97 Å². The van der Waals surface area contributed by atoms with Crippen molar-refractivity contribution < 1.29 is 19.7 Å². The number of ether oxygens (including phenoxy) is 1. The highest BCUT2D eigenvalue weighted by Gasteiger charge is 2.23. The highest BCUT2D eigenvalue weighted by Crippen LogP contribution is 2.17. The first-order valence-electron chi connectivity index (χ1n) is 6.80. The number of aliphatic hydroxyl groups is 1. The van der Waals surface area contributed by atoms with Gasteiger partial charge in [0.2, 0.25) is 0 Å². The maximum Gasteiger partial charge on any atom is 0.339 e. The molecule has 1 aliphatic heterocycles. The van der Waals surface area contributed by atoms with Gasteiger partial charge in [0.25, 0.3) is 0 Å². The van der Waals surface area contributed by atoms with Gasteiger partial charge >= 0.3 is 5.97 Å². The van der Waals surface area contributed by atoms with E-state index >= 15 is 0 Å². The Morgan fingerprint density at radius 2 is 2.20 bits per heavy atom. The fraction of sp³-hybridized carbons (Fsp3) is 0.692. The quantitative estimate of drug-likeness (QED) is 0.769. The summed E-state index contributed by atoms with van der Waals surface area (Å²) in [5.41, 5.74) is 0.999. The second-order valence-electron chi connectivity index (χ2n) is 5.00. The molecule has 2 rings (SSSR count). The molecule has 2 heterocycles. The van der Waals surface area contributed by atoms with Gasteiger partial charge in [0, 0.05) is 26.7 Å². The van der Waals surface area contributed by atoms with Gasteiger partial charge in [-0.1, -0.05) is 0 Å². The third kappa shape index (κ3) is 3.56. The second kappa shape index (κ2) is 6.83. The van der Waals surface area contributed by atoms with Gasteiger partial charge < -0.3 is 14.9 Å². The lowest BCUT2D eigenvalue weighted by molar-refractivity contribution is -0.00939. The molecular formula is C13H21N3O4. The van der Waals surface area contributed by atoms with Crippen molar-refractivity contribution in [1.29, 1.82) is 0 Å². The lowest BCUT2D eigenvalue weighted by Crippen LogP contribution is -2.37. The van der Waals surface area contributed by atoms with E-state index in [2.05, 4.69) is 10.00 Å². The Balaban J connectivity index is 1.89. The number of aromatic nitrogens is 2. The van der Waals surface area contributed by atoms with Gasteiger partial charge in [0.15, 0.2) is 0 Å². The summed E-state index contributed by atoms with van der Waals surface area (Å²) in [5.74, 6) is -0.936. The van der Waals surface area contributed by atoms with E-state index in [0.717, 1.165) is 31.6 Å². The lowest BCUT2D eigenvalue weighted by atomic mass is 10.1. The molecule has 112 valence electrons. The van der Waals surface area contributed by atoms with E-state index in [4.69, 9.17) is 14.9 Å². The number of hydrogen-bond acceptors (Lipinski definition) is 5. The van der Waals surface area contributed by atoms with Crippen molar-refractivity contribution in [3.05, 3.63) is 17.5 Å². The van der Waals surface area contributed by atoms with Crippen molar-refractivity contribution >= 4 is 5.97 Å². The van der Waals surface area contributed by atoms with Gasteiger partial charge in [0.05, 0.1) is 31.2 Å². The molecule has 1 aromatic rings. The van der Waals surface area contributed by atoms with E-state index in [-0.39, 0.29) is 18.3 Å². The molecule has 0 saturated carbocycles. The number of carbonyl (C=O) groups is 1. The molecule has 0 atom stereocenters. The summed E-state index contributed by atoms with van der Waals surface area (Å²) in [6, 6.07) is 0. The number of aliphatic hydroxyl groups excluding tert-OH is 1. The van der Waals surface area contributed by atoms with Crippen LogP contribution >= 0.6 is 0 Å². The van der Waals surface area contributed by atoms with Crippen molar-refractivity contribution in [3.63, 3.8) is 0 Å². The molecule has 7 nitrogen and oxygen atoms in total. The molecule has 1 fully saturated rings. The van der Waals surface area contributed by atoms with Crippen LogP contribution in [0.25, 0.3) is 0 Å². The first kappa shape index (κ1) is 15.0. The Hall–Kier alpha value is -1.44. The van der Waals surface area contributed by atoms with Gasteiger partial charge in [-0.25, -0.2) is 4.79 Å². The van der Waals surface area contributed by atoms with Crippen LogP contribution in [0.1, 0.15) is 28.9 Å². The van der Waals surface area contributed by atoms with Gasteiger partial charge in [-0.05, 0) is 12.8 Å². The number of carboxylic acid groups (broad SMARTS) is 1.